The lowest BCUT2D eigenvalue weighted by molar-refractivity contribution is 0.236. The molecule has 7 nitrogen and oxygen atoms in total. The largest absolute Gasteiger partial charge is 0.338 e. The molecule has 0 aromatic carbocycles. The van der Waals surface area contributed by atoms with Gasteiger partial charge in [0.25, 0.3) is 0 Å². The first kappa shape index (κ1) is 14.1. The van der Waals surface area contributed by atoms with Crippen molar-refractivity contribution in [3.63, 3.8) is 0 Å². The number of rotatable bonds is 6. The highest BCUT2D eigenvalue weighted by molar-refractivity contribution is 5.74. The van der Waals surface area contributed by atoms with Crippen LogP contribution in [0.3, 0.4) is 0 Å². The zero-order valence-electron chi connectivity index (χ0n) is 11.8. The van der Waals surface area contributed by atoms with Gasteiger partial charge in [0.05, 0.1) is 12.7 Å². The van der Waals surface area contributed by atoms with Crippen LogP contribution in [0.5, 0.6) is 0 Å². The number of hydrogen-bond acceptors (Lipinski definition) is 3. The molecule has 7 heteroatoms. The Bertz CT molecular complexity index is 533. The van der Waals surface area contributed by atoms with E-state index in [0.717, 1.165) is 12.0 Å². The number of urea groups is 1. The summed E-state index contributed by atoms with van der Waals surface area (Å²) >= 11 is 0. The van der Waals surface area contributed by atoms with E-state index in [4.69, 9.17) is 0 Å². The van der Waals surface area contributed by atoms with Crippen LogP contribution in [0.25, 0.3) is 0 Å². The summed E-state index contributed by atoms with van der Waals surface area (Å²) < 4.78 is 3.54. The van der Waals surface area contributed by atoms with E-state index in [2.05, 4.69) is 20.8 Å². The maximum atomic E-state index is 11.7. The molecule has 2 rings (SSSR count). The van der Waals surface area contributed by atoms with Gasteiger partial charge in [-0.05, 0) is 25.0 Å². The number of nitrogens with one attached hydrogen (secondary N) is 2. The normalized spacial score (nSPS) is 12.1. The van der Waals surface area contributed by atoms with E-state index in [-0.39, 0.29) is 12.1 Å². The van der Waals surface area contributed by atoms with Crippen LogP contribution in [-0.2, 0) is 20.0 Å². The number of carbonyl (C=O) groups excluding carboxylic acids is 1. The van der Waals surface area contributed by atoms with Crippen molar-refractivity contribution in [2.24, 2.45) is 7.05 Å². The first-order chi connectivity index (χ1) is 9.63. The lowest BCUT2D eigenvalue weighted by Crippen LogP contribution is -2.43. The molecule has 2 N–H and O–H groups in total. The van der Waals surface area contributed by atoms with Gasteiger partial charge in [0.15, 0.2) is 0 Å². The molecular formula is C13H20N6O. The molecule has 0 aliphatic heterocycles. The summed E-state index contributed by atoms with van der Waals surface area (Å²) in [4.78, 5) is 11.7. The van der Waals surface area contributed by atoms with E-state index < -0.39 is 0 Å². The quantitative estimate of drug-likeness (QED) is 0.809. The van der Waals surface area contributed by atoms with Gasteiger partial charge in [-0.3, -0.25) is 9.36 Å². The van der Waals surface area contributed by atoms with Crippen molar-refractivity contribution in [3.8, 4) is 0 Å². The second-order valence-corrected chi connectivity index (χ2v) is 4.80. The van der Waals surface area contributed by atoms with Crippen LogP contribution in [0.4, 0.5) is 4.79 Å². The second-order valence-electron chi connectivity index (χ2n) is 4.80. The fourth-order valence-electron chi connectivity index (χ4n) is 1.93. The summed E-state index contributed by atoms with van der Waals surface area (Å²) in [6.45, 7) is 3.19. The zero-order chi connectivity index (χ0) is 14.4. The highest BCUT2D eigenvalue weighted by Crippen LogP contribution is 1.96. The Labute approximate surface area is 118 Å². The highest BCUT2D eigenvalue weighted by Gasteiger charge is 2.07. The van der Waals surface area contributed by atoms with Gasteiger partial charge in [-0.1, -0.05) is 0 Å². The van der Waals surface area contributed by atoms with E-state index in [1.54, 1.807) is 21.8 Å². The molecule has 0 bridgehead atoms. The Morgan fingerprint density at radius 2 is 2.30 bits per heavy atom. The number of nitrogens with zero attached hydrogens (tertiary/aromatic N) is 4. The van der Waals surface area contributed by atoms with E-state index in [9.17, 15) is 4.79 Å². The van der Waals surface area contributed by atoms with E-state index in [1.807, 2.05) is 32.4 Å². The molecule has 0 radical (unpaired) electrons. The highest BCUT2D eigenvalue weighted by atomic mass is 16.2. The average molecular weight is 276 g/mol. The molecular weight excluding hydrogens is 256 g/mol. The molecule has 0 fully saturated rings. The molecule has 2 amide bonds. The summed E-state index contributed by atoms with van der Waals surface area (Å²) in [7, 11) is 1.88. The van der Waals surface area contributed by atoms with Crippen molar-refractivity contribution in [2.75, 3.05) is 6.54 Å². The monoisotopic (exact) mass is 276 g/mol. The van der Waals surface area contributed by atoms with E-state index in [0.29, 0.717) is 13.1 Å². The van der Waals surface area contributed by atoms with Crippen molar-refractivity contribution in [3.05, 3.63) is 36.4 Å². The second kappa shape index (κ2) is 6.74. The minimum absolute atomic E-state index is 0.0216. The standard InChI is InChI=1S/C13H20N6O/c1-11(9-19-7-3-5-15-19)17-13(20)14-6-4-12-8-16-18(2)10-12/h3,5,7-8,10-11H,4,6,9H2,1-2H3,(H2,14,17,20)/t11-/m0/s1. The van der Waals surface area contributed by atoms with Gasteiger partial charge in [0.1, 0.15) is 0 Å². The minimum Gasteiger partial charge on any atom is -0.338 e. The fraction of sp³-hybridized carbons (Fsp3) is 0.462. The maximum absolute atomic E-state index is 11.7. The van der Waals surface area contributed by atoms with Crippen LogP contribution in [0.2, 0.25) is 0 Å². The van der Waals surface area contributed by atoms with E-state index >= 15 is 0 Å². The van der Waals surface area contributed by atoms with Crippen LogP contribution in [0, 0.1) is 0 Å². The Morgan fingerprint density at radius 3 is 2.95 bits per heavy atom. The molecule has 20 heavy (non-hydrogen) atoms. The van der Waals surface area contributed by atoms with Crippen molar-refractivity contribution in [2.45, 2.75) is 25.9 Å². The third-order valence-electron chi connectivity index (χ3n) is 2.86. The number of aryl methyl sites for hydroxylation is 1. The first-order valence-corrected chi connectivity index (χ1v) is 6.63. The molecule has 0 aliphatic rings. The van der Waals surface area contributed by atoms with Gasteiger partial charge in [-0.2, -0.15) is 10.2 Å². The number of aromatic nitrogens is 4. The topological polar surface area (TPSA) is 76.8 Å². The predicted octanol–water partition coefficient (Wildman–Crippen LogP) is 0.547. The van der Waals surface area contributed by atoms with Gasteiger partial charge in [-0.15, -0.1) is 0 Å². The lowest BCUT2D eigenvalue weighted by Gasteiger charge is -2.14. The number of amides is 2. The minimum atomic E-state index is -0.159. The predicted molar refractivity (Wildman–Crippen MR) is 75.1 cm³/mol. The first-order valence-electron chi connectivity index (χ1n) is 6.63. The molecule has 2 heterocycles. The van der Waals surface area contributed by atoms with Crippen LogP contribution < -0.4 is 10.6 Å². The van der Waals surface area contributed by atoms with Crippen LogP contribution in [-0.4, -0.2) is 38.2 Å². The lowest BCUT2D eigenvalue weighted by atomic mass is 10.2. The fourth-order valence-corrected chi connectivity index (χ4v) is 1.93. The van der Waals surface area contributed by atoms with Gasteiger partial charge in [0.2, 0.25) is 0 Å². The van der Waals surface area contributed by atoms with Crippen LogP contribution >= 0.6 is 0 Å². The average Bonchev–Trinajstić information content (AvgIpc) is 3.01. The summed E-state index contributed by atoms with van der Waals surface area (Å²) in [5, 5.41) is 13.9. The molecule has 0 aliphatic carbocycles. The SMILES string of the molecule is C[C@@H](Cn1cccn1)NC(=O)NCCc1cnn(C)c1. The zero-order valence-corrected chi connectivity index (χ0v) is 11.8. The van der Waals surface area contributed by atoms with Crippen molar-refractivity contribution in [1.82, 2.24) is 30.2 Å². The molecule has 0 saturated heterocycles. The Morgan fingerprint density at radius 1 is 1.45 bits per heavy atom. The van der Waals surface area contributed by atoms with Gasteiger partial charge in [-0.25, -0.2) is 4.79 Å². The van der Waals surface area contributed by atoms with Crippen LogP contribution in [0.15, 0.2) is 30.9 Å². The molecule has 108 valence electrons. The molecule has 0 saturated carbocycles. The van der Waals surface area contributed by atoms with Crippen molar-refractivity contribution >= 4 is 6.03 Å². The summed E-state index contributed by atoms with van der Waals surface area (Å²) in [6, 6.07) is 1.72. The molecule has 2 aromatic heterocycles. The van der Waals surface area contributed by atoms with Crippen molar-refractivity contribution in [1.29, 1.82) is 0 Å². The maximum Gasteiger partial charge on any atom is 0.315 e. The molecule has 0 unspecified atom stereocenters. The summed E-state index contributed by atoms with van der Waals surface area (Å²) in [6.07, 6.45) is 8.12. The third kappa shape index (κ3) is 4.42. The van der Waals surface area contributed by atoms with Gasteiger partial charge < -0.3 is 10.6 Å². The van der Waals surface area contributed by atoms with Crippen molar-refractivity contribution < 1.29 is 4.79 Å². The number of carbonyl (C=O) groups is 1. The Balaban J connectivity index is 1.64. The summed E-state index contributed by atoms with van der Waals surface area (Å²) in [5.74, 6) is 0. The molecule has 2 aromatic rings. The number of hydrogen-bond donors (Lipinski definition) is 2. The Hall–Kier alpha value is -2.31. The third-order valence-corrected chi connectivity index (χ3v) is 2.86. The molecule has 0 spiro atoms. The van der Waals surface area contributed by atoms with Gasteiger partial charge >= 0.3 is 6.03 Å². The summed E-state index contributed by atoms with van der Waals surface area (Å²) in [5.41, 5.74) is 1.11. The van der Waals surface area contributed by atoms with E-state index in [1.165, 1.54) is 0 Å². The Kier molecular flexibility index (Phi) is 4.75. The smallest absolute Gasteiger partial charge is 0.315 e. The molecule has 1 atom stereocenters. The van der Waals surface area contributed by atoms with Gasteiger partial charge in [0, 0.05) is 38.2 Å². The van der Waals surface area contributed by atoms with Crippen LogP contribution in [0.1, 0.15) is 12.5 Å².